The van der Waals surface area contributed by atoms with Crippen LogP contribution in [0.15, 0.2) is 63.1 Å². The van der Waals surface area contributed by atoms with E-state index in [-0.39, 0.29) is 11.5 Å². The summed E-state index contributed by atoms with van der Waals surface area (Å²) in [7, 11) is 0. The van der Waals surface area contributed by atoms with E-state index in [1.54, 1.807) is 18.3 Å². The van der Waals surface area contributed by atoms with Gasteiger partial charge in [0.05, 0.1) is 16.1 Å². The molecule has 0 fully saturated rings. The largest absolute Gasteiger partial charge is 0.408 e. The number of hydrogen-bond donors (Lipinski definition) is 1. The first kappa shape index (κ1) is 15.5. The van der Waals surface area contributed by atoms with Crippen molar-refractivity contribution in [2.24, 2.45) is 0 Å². The highest BCUT2D eigenvalue weighted by Crippen LogP contribution is 2.46. The first-order chi connectivity index (χ1) is 12.7. The highest BCUT2D eigenvalue weighted by atomic mass is 32.1. The molecule has 0 aliphatic carbocycles. The van der Waals surface area contributed by atoms with Gasteiger partial charge in [-0.3, -0.25) is 0 Å². The van der Waals surface area contributed by atoms with Crippen LogP contribution in [0.2, 0.25) is 0 Å². The van der Waals surface area contributed by atoms with Gasteiger partial charge in [0.25, 0.3) is 0 Å². The topological polar surface area (TPSA) is 55.1 Å². The zero-order chi connectivity index (χ0) is 17.7. The fourth-order valence-electron chi connectivity index (χ4n) is 3.34. The molecule has 4 aromatic rings. The zero-order valence-electron chi connectivity index (χ0n) is 13.9. The molecule has 1 aliphatic heterocycles. The number of aromatic nitrogens is 1. The number of thiophene rings is 2. The third-order valence-corrected chi connectivity index (χ3v) is 6.45. The smallest absolute Gasteiger partial charge is 0.357 e. The average Bonchev–Trinajstić information content (AvgIpc) is 3.30. The van der Waals surface area contributed by atoms with E-state index in [0.29, 0.717) is 10.6 Å². The fraction of sp³-hybridized carbons (Fsp3) is 0.100. The molecule has 0 radical (unpaired) electrons. The molecule has 1 aliphatic rings. The van der Waals surface area contributed by atoms with Crippen LogP contribution in [0, 0.1) is 6.92 Å². The number of nitrogens with zero attached hydrogens (tertiary/aromatic N) is 1. The van der Waals surface area contributed by atoms with Crippen LogP contribution >= 0.6 is 22.7 Å². The van der Waals surface area contributed by atoms with Gasteiger partial charge in [-0.1, -0.05) is 36.4 Å². The highest BCUT2D eigenvalue weighted by molar-refractivity contribution is 7.23. The van der Waals surface area contributed by atoms with Gasteiger partial charge in [-0.15, -0.1) is 22.7 Å². The quantitative estimate of drug-likeness (QED) is 0.520. The first-order valence-corrected chi connectivity index (χ1v) is 9.92. The van der Waals surface area contributed by atoms with Crippen molar-refractivity contribution in [3.8, 4) is 0 Å². The average molecular weight is 378 g/mol. The lowest BCUT2D eigenvalue weighted by atomic mass is 9.89. The predicted molar refractivity (Wildman–Crippen MR) is 107 cm³/mol. The second kappa shape index (κ2) is 5.93. The summed E-state index contributed by atoms with van der Waals surface area (Å²) in [6.07, 6.45) is 2.22. The molecule has 1 N–H and O–H groups in total. The van der Waals surface area contributed by atoms with Gasteiger partial charge in [-0.25, -0.2) is 9.78 Å². The Morgan fingerprint density at radius 2 is 2.00 bits per heavy atom. The predicted octanol–water partition coefficient (Wildman–Crippen LogP) is 5.22. The van der Waals surface area contributed by atoms with Gasteiger partial charge in [-0.05, 0) is 23.1 Å². The molecule has 0 unspecified atom stereocenters. The van der Waals surface area contributed by atoms with Gasteiger partial charge in [-0.2, -0.15) is 0 Å². The summed E-state index contributed by atoms with van der Waals surface area (Å²) in [5.41, 5.74) is 3.71. The second-order valence-electron chi connectivity index (χ2n) is 6.11. The van der Waals surface area contributed by atoms with Crippen LogP contribution < -0.4 is 10.9 Å². The number of fused-ring (bicyclic) bond motifs is 3. The van der Waals surface area contributed by atoms with E-state index in [2.05, 4.69) is 40.0 Å². The molecule has 0 saturated carbocycles. The molecular weight excluding hydrogens is 364 g/mol. The summed E-state index contributed by atoms with van der Waals surface area (Å²) in [6.45, 7) is 1.71. The molecule has 3 aromatic heterocycles. The van der Waals surface area contributed by atoms with E-state index >= 15 is 0 Å². The van der Waals surface area contributed by atoms with E-state index in [0.717, 1.165) is 21.8 Å². The third-order valence-electron chi connectivity index (χ3n) is 4.45. The lowest BCUT2D eigenvalue weighted by Gasteiger charge is -2.23. The number of anilines is 1. The standard InChI is InChI=1S/C20H14N2O2S2/c1-11-21-17-16-13(12-6-3-2-4-7-12)10-14(15-8-5-9-25-15)22-19(16)26-18(17)20(23)24-11/h2-10,13,22H,1H3/t13-/m1/s1. The van der Waals surface area contributed by atoms with Crippen LogP contribution in [0.3, 0.4) is 0 Å². The lowest BCUT2D eigenvalue weighted by molar-refractivity contribution is 0.468. The van der Waals surface area contributed by atoms with Crippen LogP contribution in [-0.4, -0.2) is 4.98 Å². The van der Waals surface area contributed by atoms with E-state index in [9.17, 15) is 4.79 Å². The van der Waals surface area contributed by atoms with Crippen LogP contribution in [0.25, 0.3) is 15.9 Å². The van der Waals surface area contributed by atoms with Crippen molar-refractivity contribution in [3.63, 3.8) is 0 Å². The molecule has 4 heterocycles. The van der Waals surface area contributed by atoms with Gasteiger partial charge in [0, 0.05) is 18.4 Å². The van der Waals surface area contributed by atoms with Crippen molar-refractivity contribution < 1.29 is 4.42 Å². The van der Waals surface area contributed by atoms with Gasteiger partial charge in [0.1, 0.15) is 9.70 Å². The van der Waals surface area contributed by atoms with Gasteiger partial charge in [0.15, 0.2) is 5.89 Å². The molecule has 0 bridgehead atoms. The molecule has 4 nitrogen and oxygen atoms in total. The van der Waals surface area contributed by atoms with Crippen molar-refractivity contribution in [2.75, 3.05) is 5.32 Å². The number of aryl methyl sites for hydroxylation is 1. The maximum absolute atomic E-state index is 12.3. The Morgan fingerprint density at radius 1 is 1.15 bits per heavy atom. The molecule has 0 amide bonds. The molecule has 0 saturated heterocycles. The molecule has 5 rings (SSSR count). The Bertz CT molecular complexity index is 1190. The van der Waals surface area contributed by atoms with E-state index in [1.165, 1.54) is 21.8 Å². The lowest BCUT2D eigenvalue weighted by Crippen LogP contribution is -2.11. The van der Waals surface area contributed by atoms with Gasteiger partial charge < -0.3 is 9.73 Å². The van der Waals surface area contributed by atoms with E-state index in [1.807, 2.05) is 24.3 Å². The fourth-order valence-corrected chi connectivity index (χ4v) is 5.12. The normalized spacial score (nSPS) is 16.2. The van der Waals surface area contributed by atoms with Crippen molar-refractivity contribution in [2.45, 2.75) is 12.8 Å². The second-order valence-corrected chi connectivity index (χ2v) is 8.08. The Morgan fingerprint density at radius 3 is 2.77 bits per heavy atom. The van der Waals surface area contributed by atoms with Crippen molar-refractivity contribution >= 4 is 43.6 Å². The number of allylic oxidation sites excluding steroid dienone is 1. The van der Waals surface area contributed by atoms with E-state index in [4.69, 9.17) is 4.42 Å². The highest BCUT2D eigenvalue weighted by Gasteiger charge is 2.29. The molecule has 1 aromatic carbocycles. The van der Waals surface area contributed by atoms with Crippen LogP contribution in [0.1, 0.15) is 27.8 Å². The van der Waals surface area contributed by atoms with E-state index < -0.39 is 0 Å². The summed E-state index contributed by atoms with van der Waals surface area (Å²) in [5.74, 6) is 0.426. The minimum absolute atomic E-state index is 0.0343. The van der Waals surface area contributed by atoms with Crippen molar-refractivity contribution in [1.82, 2.24) is 4.98 Å². The third kappa shape index (κ3) is 2.41. The Hall–Kier alpha value is -2.70. The molecule has 0 spiro atoms. The molecule has 1 atom stereocenters. The summed E-state index contributed by atoms with van der Waals surface area (Å²) in [5, 5.41) is 6.53. The van der Waals surface area contributed by atoms with Crippen molar-refractivity contribution in [1.29, 1.82) is 0 Å². The minimum atomic E-state index is -0.321. The van der Waals surface area contributed by atoms with Crippen LogP contribution in [0.5, 0.6) is 0 Å². The Labute approximate surface area is 157 Å². The summed E-state index contributed by atoms with van der Waals surface area (Å²) in [6, 6.07) is 14.5. The molecule has 6 heteroatoms. The van der Waals surface area contributed by atoms with Gasteiger partial charge >= 0.3 is 5.63 Å². The Kier molecular flexibility index (Phi) is 3.55. The molecule has 26 heavy (non-hydrogen) atoms. The monoisotopic (exact) mass is 378 g/mol. The first-order valence-electron chi connectivity index (χ1n) is 8.22. The zero-order valence-corrected chi connectivity index (χ0v) is 15.5. The minimum Gasteiger partial charge on any atom is -0.408 e. The number of benzene rings is 1. The number of rotatable bonds is 2. The van der Waals surface area contributed by atoms with Crippen LogP contribution in [0.4, 0.5) is 5.00 Å². The Balaban J connectivity index is 1.79. The number of nitrogens with one attached hydrogen (secondary N) is 1. The summed E-state index contributed by atoms with van der Waals surface area (Å²) in [4.78, 5) is 18.1. The van der Waals surface area contributed by atoms with Gasteiger partial charge in [0.2, 0.25) is 0 Å². The maximum atomic E-state index is 12.3. The maximum Gasteiger partial charge on any atom is 0.357 e. The number of hydrogen-bond acceptors (Lipinski definition) is 6. The SMILES string of the molecule is Cc1nc2c3c(sc2c(=O)o1)NC(c1cccs1)=C[C@@H]3c1ccccc1. The molecule has 128 valence electrons. The van der Waals surface area contributed by atoms with Crippen LogP contribution in [-0.2, 0) is 0 Å². The summed E-state index contributed by atoms with van der Waals surface area (Å²) < 4.78 is 5.77. The summed E-state index contributed by atoms with van der Waals surface area (Å²) >= 11 is 3.11. The molecular formula is C20H14N2O2S2. The van der Waals surface area contributed by atoms with Crippen molar-refractivity contribution in [3.05, 3.63) is 86.2 Å².